The molecular weight excluding hydrogens is 398 g/mol. The van der Waals surface area contributed by atoms with Crippen molar-refractivity contribution in [2.75, 3.05) is 10.6 Å². The molecule has 1 aliphatic heterocycles. The first-order chi connectivity index (χ1) is 15.0. The van der Waals surface area contributed by atoms with E-state index in [-0.39, 0.29) is 11.7 Å². The van der Waals surface area contributed by atoms with Crippen molar-refractivity contribution >= 4 is 35.6 Å². The van der Waals surface area contributed by atoms with Crippen LogP contribution in [0.15, 0.2) is 30.2 Å². The monoisotopic (exact) mass is 419 g/mol. The van der Waals surface area contributed by atoms with E-state index in [4.69, 9.17) is 0 Å². The highest BCUT2D eigenvalue weighted by atomic mass is 16.2. The van der Waals surface area contributed by atoms with E-state index in [0.717, 1.165) is 24.1 Å². The van der Waals surface area contributed by atoms with Gasteiger partial charge in [0.05, 0.1) is 17.9 Å². The van der Waals surface area contributed by atoms with Crippen LogP contribution in [0.5, 0.6) is 0 Å². The van der Waals surface area contributed by atoms with Crippen LogP contribution >= 0.6 is 0 Å². The lowest BCUT2D eigenvalue weighted by molar-refractivity contribution is -0.115. The summed E-state index contributed by atoms with van der Waals surface area (Å²) in [5.41, 5.74) is 3.20. The van der Waals surface area contributed by atoms with Crippen molar-refractivity contribution in [1.29, 1.82) is 0 Å². The summed E-state index contributed by atoms with van der Waals surface area (Å²) in [7, 11) is 0. The second-order valence-corrected chi connectivity index (χ2v) is 7.66. The molecular formula is C20H21N9O2. The van der Waals surface area contributed by atoms with Gasteiger partial charge in [-0.3, -0.25) is 15.1 Å². The Hall–Kier alpha value is -4.02. The molecule has 2 aliphatic rings. The van der Waals surface area contributed by atoms with E-state index in [1.165, 1.54) is 0 Å². The van der Waals surface area contributed by atoms with Gasteiger partial charge in [0.25, 0.3) is 5.91 Å². The van der Waals surface area contributed by atoms with Crippen LogP contribution in [0.2, 0.25) is 0 Å². The maximum absolute atomic E-state index is 11.9. The summed E-state index contributed by atoms with van der Waals surface area (Å²) in [6, 6.07) is 3.58. The molecule has 4 heterocycles. The van der Waals surface area contributed by atoms with Crippen molar-refractivity contribution in [3.63, 3.8) is 0 Å². The van der Waals surface area contributed by atoms with Gasteiger partial charge in [0.15, 0.2) is 5.65 Å². The van der Waals surface area contributed by atoms with E-state index in [2.05, 4.69) is 41.3 Å². The molecule has 31 heavy (non-hydrogen) atoms. The summed E-state index contributed by atoms with van der Waals surface area (Å²) < 4.78 is 1.60. The summed E-state index contributed by atoms with van der Waals surface area (Å²) >= 11 is 0. The fraction of sp³-hybridized carbons (Fsp3) is 0.300. The first kappa shape index (κ1) is 19.0. The molecule has 158 valence electrons. The minimum absolute atomic E-state index is 0.123. The zero-order chi connectivity index (χ0) is 21.5. The Kier molecular flexibility index (Phi) is 4.50. The van der Waals surface area contributed by atoms with Crippen molar-refractivity contribution < 1.29 is 9.59 Å². The second-order valence-electron chi connectivity index (χ2n) is 7.66. The predicted molar refractivity (Wildman–Crippen MR) is 113 cm³/mol. The molecule has 1 unspecified atom stereocenters. The maximum Gasteiger partial charge on any atom is 0.326 e. The van der Waals surface area contributed by atoms with Gasteiger partial charge in [-0.05, 0) is 44.4 Å². The van der Waals surface area contributed by atoms with Crippen LogP contribution in [0.3, 0.4) is 0 Å². The average Bonchev–Trinajstić information content (AvgIpc) is 3.37. The van der Waals surface area contributed by atoms with Crippen LogP contribution in [0.1, 0.15) is 42.6 Å². The van der Waals surface area contributed by atoms with E-state index in [0.29, 0.717) is 29.1 Å². The molecule has 11 nitrogen and oxygen atoms in total. The summed E-state index contributed by atoms with van der Waals surface area (Å²) in [6.45, 7) is 4.00. The lowest BCUT2D eigenvalue weighted by Crippen LogP contribution is -2.22. The van der Waals surface area contributed by atoms with Crippen molar-refractivity contribution in [2.24, 2.45) is 0 Å². The van der Waals surface area contributed by atoms with Crippen LogP contribution in [-0.2, 0) is 4.79 Å². The van der Waals surface area contributed by atoms with E-state index >= 15 is 0 Å². The van der Waals surface area contributed by atoms with E-state index < -0.39 is 11.9 Å². The number of carbonyl (C=O) groups is 2. The third-order valence-electron chi connectivity index (χ3n) is 5.13. The first-order valence-corrected chi connectivity index (χ1v) is 10.0. The fourth-order valence-electron chi connectivity index (χ4n) is 3.42. The van der Waals surface area contributed by atoms with Gasteiger partial charge in [-0.25, -0.2) is 4.79 Å². The maximum atomic E-state index is 11.9. The number of hydrogen-bond donors (Lipinski definition) is 4. The van der Waals surface area contributed by atoms with Crippen molar-refractivity contribution in [3.8, 4) is 0 Å². The second kappa shape index (κ2) is 7.35. The van der Waals surface area contributed by atoms with Gasteiger partial charge in [0.2, 0.25) is 11.9 Å². The van der Waals surface area contributed by atoms with Crippen LogP contribution < -0.4 is 21.3 Å². The molecule has 3 aromatic heterocycles. The molecule has 5 rings (SSSR count). The zero-order valence-corrected chi connectivity index (χ0v) is 17.0. The molecule has 0 bridgehead atoms. The van der Waals surface area contributed by atoms with Gasteiger partial charge < -0.3 is 16.0 Å². The average molecular weight is 419 g/mol. The SMILES string of the molecule is Cc1cccnc1C(C)Nc1nc(NC2CC2)n2ncc(/C=C3\NC(=O)NC3=O)c2n1. The molecule has 3 amide bonds. The molecule has 3 aromatic rings. The Morgan fingerprint density at radius 2 is 2.10 bits per heavy atom. The van der Waals surface area contributed by atoms with Gasteiger partial charge in [-0.2, -0.15) is 19.6 Å². The topological polar surface area (TPSA) is 138 Å². The largest absolute Gasteiger partial charge is 0.351 e. The van der Waals surface area contributed by atoms with Gasteiger partial charge in [0.1, 0.15) is 5.70 Å². The predicted octanol–water partition coefficient (Wildman–Crippen LogP) is 1.76. The lowest BCUT2D eigenvalue weighted by Gasteiger charge is -2.16. The van der Waals surface area contributed by atoms with Crippen molar-refractivity contribution in [2.45, 2.75) is 38.8 Å². The van der Waals surface area contributed by atoms with E-state index in [1.807, 2.05) is 26.0 Å². The highest BCUT2D eigenvalue weighted by Gasteiger charge is 2.26. The van der Waals surface area contributed by atoms with Crippen LogP contribution in [0.4, 0.5) is 16.7 Å². The molecule has 0 radical (unpaired) electrons. The Balaban J connectivity index is 1.54. The van der Waals surface area contributed by atoms with Gasteiger partial charge >= 0.3 is 6.03 Å². The number of carbonyl (C=O) groups excluding carboxylic acids is 2. The van der Waals surface area contributed by atoms with Gasteiger partial charge in [0, 0.05) is 17.8 Å². The standard InChI is InChI=1S/C20H21N9O2/c1-10-4-3-7-21-15(10)11(2)23-18-26-16-12(8-14-17(30)27-20(31)25-14)9-22-29(16)19(28-18)24-13-5-6-13/h3-4,7-9,11,13H,5-6H2,1-2H3,(H2,23,24,26,28)(H2,25,27,30,31)/b14-8-. The third kappa shape index (κ3) is 3.77. The summed E-state index contributed by atoms with van der Waals surface area (Å²) in [4.78, 5) is 37.0. The summed E-state index contributed by atoms with van der Waals surface area (Å²) in [6.07, 6.45) is 7.03. The molecule has 1 aliphatic carbocycles. The molecule has 0 aromatic carbocycles. The fourth-order valence-corrected chi connectivity index (χ4v) is 3.42. The summed E-state index contributed by atoms with van der Waals surface area (Å²) in [5.74, 6) is 0.477. The molecule has 1 saturated heterocycles. The summed E-state index contributed by atoms with van der Waals surface area (Å²) in [5, 5.41) is 15.7. The molecule has 11 heteroatoms. The normalized spacial score (nSPS) is 18.2. The zero-order valence-electron chi connectivity index (χ0n) is 17.0. The number of aryl methyl sites for hydroxylation is 1. The van der Waals surface area contributed by atoms with Crippen molar-refractivity contribution in [1.82, 2.24) is 35.2 Å². The van der Waals surface area contributed by atoms with E-state index in [9.17, 15) is 9.59 Å². The Bertz CT molecular complexity index is 1230. The number of fused-ring (bicyclic) bond motifs is 1. The Labute approximate surface area is 177 Å². The number of amides is 3. The number of anilines is 2. The lowest BCUT2D eigenvalue weighted by atomic mass is 10.1. The quantitative estimate of drug-likeness (QED) is 0.350. The van der Waals surface area contributed by atoms with Crippen LogP contribution in [-0.4, -0.2) is 42.5 Å². The molecule has 2 fully saturated rings. The smallest absolute Gasteiger partial charge is 0.326 e. The van der Waals surface area contributed by atoms with Gasteiger partial charge in [-0.15, -0.1) is 0 Å². The Morgan fingerprint density at radius 1 is 1.26 bits per heavy atom. The minimum Gasteiger partial charge on any atom is -0.351 e. The molecule has 0 spiro atoms. The van der Waals surface area contributed by atoms with Crippen LogP contribution in [0, 0.1) is 6.92 Å². The number of rotatable bonds is 6. The number of hydrogen-bond acceptors (Lipinski definition) is 8. The highest BCUT2D eigenvalue weighted by molar-refractivity contribution is 6.14. The number of pyridine rings is 1. The third-order valence-corrected chi connectivity index (χ3v) is 5.13. The Morgan fingerprint density at radius 3 is 2.81 bits per heavy atom. The van der Waals surface area contributed by atoms with Crippen LogP contribution in [0.25, 0.3) is 11.7 Å². The number of imide groups is 1. The molecule has 1 atom stereocenters. The number of urea groups is 1. The number of nitrogens with one attached hydrogen (secondary N) is 4. The van der Waals surface area contributed by atoms with Gasteiger partial charge in [-0.1, -0.05) is 6.07 Å². The number of nitrogens with zero attached hydrogens (tertiary/aromatic N) is 5. The van der Waals surface area contributed by atoms with E-state index in [1.54, 1.807) is 23.0 Å². The first-order valence-electron chi connectivity index (χ1n) is 10.0. The highest BCUT2D eigenvalue weighted by Crippen LogP contribution is 2.26. The number of aromatic nitrogens is 5. The van der Waals surface area contributed by atoms with Crippen molar-refractivity contribution in [3.05, 3.63) is 47.0 Å². The minimum atomic E-state index is -0.555. The molecule has 4 N–H and O–H groups in total. The molecule has 1 saturated carbocycles.